The van der Waals surface area contributed by atoms with E-state index >= 15 is 0 Å². The molecule has 3 N–H and O–H groups in total. The van der Waals surface area contributed by atoms with Crippen LogP contribution in [0.2, 0.25) is 0 Å². The SMILES string of the molecule is Cc1nc2ccc(C(=O)O[C@H](C)C(=O)NC(N)=O)cc2nc1C. The fourth-order valence-electron chi connectivity index (χ4n) is 1.86. The van der Waals surface area contributed by atoms with Crippen molar-refractivity contribution in [3.05, 3.63) is 35.2 Å². The largest absolute Gasteiger partial charge is 0.449 e. The number of amides is 3. The lowest BCUT2D eigenvalue weighted by Crippen LogP contribution is -2.42. The third kappa shape index (κ3) is 3.79. The number of rotatable bonds is 3. The standard InChI is InChI=1S/C15H16N4O4/c1-7-8(2)18-12-6-10(4-5-11(12)17-7)14(21)23-9(3)13(20)19-15(16)22/h4-6,9H,1-3H3,(H3,16,19,20,22)/t9-/m1/s1. The van der Waals surface area contributed by atoms with Gasteiger partial charge in [-0.3, -0.25) is 10.1 Å². The number of hydrogen-bond donors (Lipinski definition) is 2. The van der Waals surface area contributed by atoms with Gasteiger partial charge in [-0.25, -0.2) is 19.6 Å². The number of urea groups is 1. The van der Waals surface area contributed by atoms with E-state index in [1.54, 1.807) is 6.07 Å². The molecule has 0 unspecified atom stereocenters. The molecule has 0 saturated carbocycles. The molecule has 0 aliphatic heterocycles. The van der Waals surface area contributed by atoms with Crippen molar-refractivity contribution >= 4 is 28.9 Å². The summed E-state index contributed by atoms with van der Waals surface area (Å²) in [5.41, 5.74) is 7.85. The molecular weight excluding hydrogens is 300 g/mol. The summed E-state index contributed by atoms with van der Waals surface area (Å²) in [6.45, 7) is 5.01. The number of imide groups is 1. The maximum Gasteiger partial charge on any atom is 0.338 e. The highest BCUT2D eigenvalue weighted by Crippen LogP contribution is 2.15. The van der Waals surface area contributed by atoms with Gasteiger partial charge in [0.25, 0.3) is 5.91 Å². The van der Waals surface area contributed by atoms with Crippen molar-refractivity contribution in [1.29, 1.82) is 0 Å². The van der Waals surface area contributed by atoms with Gasteiger partial charge in [0.2, 0.25) is 0 Å². The quantitative estimate of drug-likeness (QED) is 0.813. The van der Waals surface area contributed by atoms with Crippen molar-refractivity contribution in [3.63, 3.8) is 0 Å². The summed E-state index contributed by atoms with van der Waals surface area (Å²) >= 11 is 0. The summed E-state index contributed by atoms with van der Waals surface area (Å²) in [4.78, 5) is 42.9. The number of nitrogens with zero attached hydrogens (tertiary/aromatic N) is 2. The minimum absolute atomic E-state index is 0.230. The zero-order valence-corrected chi connectivity index (χ0v) is 12.9. The summed E-state index contributed by atoms with van der Waals surface area (Å²) in [6, 6.07) is 3.71. The monoisotopic (exact) mass is 316 g/mol. The van der Waals surface area contributed by atoms with Crippen LogP contribution in [-0.4, -0.2) is 34.0 Å². The number of aromatic nitrogens is 2. The number of aryl methyl sites for hydroxylation is 2. The van der Waals surface area contributed by atoms with E-state index in [9.17, 15) is 14.4 Å². The number of fused-ring (bicyclic) bond motifs is 1. The average molecular weight is 316 g/mol. The molecule has 3 amide bonds. The predicted molar refractivity (Wildman–Crippen MR) is 81.6 cm³/mol. The van der Waals surface area contributed by atoms with Gasteiger partial charge in [0.05, 0.1) is 28.0 Å². The molecule has 0 bridgehead atoms. The van der Waals surface area contributed by atoms with E-state index in [4.69, 9.17) is 10.5 Å². The fourth-order valence-corrected chi connectivity index (χ4v) is 1.86. The molecule has 1 heterocycles. The van der Waals surface area contributed by atoms with Crippen molar-refractivity contribution in [1.82, 2.24) is 15.3 Å². The van der Waals surface area contributed by atoms with Crippen LogP contribution >= 0.6 is 0 Å². The molecule has 8 nitrogen and oxygen atoms in total. The zero-order chi connectivity index (χ0) is 17.1. The van der Waals surface area contributed by atoms with Crippen LogP contribution in [0.5, 0.6) is 0 Å². The summed E-state index contributed by atoms with van der Waals surface area (Å²) in [5.74, 6) is -1.50. The first-order valence-electron chi connectivity index (χ1n) is 6.84. The van der Waals surface area contributed by atoms with Crippen LogP contribution in [0.15, 0.2) is 18.2 Å². The van der Waals surface area contributed by atoms with Gasteiger partial charge >= 0.3 is 12.0 Å². The Morgan fingerprint density at radius 2 is 1.74 bits per heavy atom. The number of ether oxygens (including phenoxy) is 1. The first kappa shape index (κ1) is 16.3. The smallest absolute Gasteiger partial charge is 0.338 e. The minimum Gasteiger partial charge on any atom is -0.449 e. The van der Waals surface area contributed by atoms with Crippen LogP contribution in [0.25, 0.3) is 11.0 Å². The highest BCUT2D eigenvalue weighted by molar-refractivity contribution is 5.98. The van der Waals surface area contributed by atoms with Gasteiger partial charge < -0.3 is 10.5 Å². The molecule has 120 valence electrons. The molecule has 1 aromatic heterocycles. The Balaban J connectivity index is 2.19. The Kier molecular flexibility index (Phi) is 4.54. The van der Waals surface area contributed by atoms with E-state index in [1.165, 1.54) is 19.1 Å². The molecule has 2 rings (SSSR count). The summed E-state index contributed by atoms with van der Waals surface area (Å²) < 4.78 is 5.00. The lowest BCUT2D eigenvalue weighted by molar-refractivity contribution is -0.127. The molecule has 8 heteroatoms. The molecule has 1 aromatic carbocycles. The molecule has 0 saturated heterocycles. The van der Waals surface area contributed by atoms with Crippen LogP contribution in [0.3, 0.4) is 0 Å². The van der Waals surface area contributed by atoms with Gasteiger partial charge in [0.1, 0.15) is 0 Å². The van der Waals surface area contributed by atoms with Gasteiger partial charge in [-0.2, -0.15) is 0 Å². The number of nitrogens with one attached hydrogen (secondary N) is 1. The topological polar surface area (TPSA) is 124 Å². The van der Waals surface area contributed by atoms with Crippen molar-refractivity contribution in [2.24, 2.45) is 5.73 Å². The van der Waals surface area contributed by atoms with Crippen LogP contribution in [0, 0.1) is 13.8 Å². The molecular formula is C15H16N4O4. The van der Waals surface area contributed by atoms with E-state index in [-0.39, 0.29) is 5.56 Å². The number of nitrogens with two attached hydrogens (primary N) is 1. The number of primary amides is 1. The van der Waals surface area contributed by atoms with E-state index in [2.05, 4.69) is 9.97 Å². The van der Waals surface area contributed by atoms with E-state index in [1.807, 2.05) is 19.2 Å². The molecule has 0 radical (unpaired) electrons. The molecule has 0 fully saturated rings. The number of carbonyl (C=O) groups excluding carboxylic acids is 3. The normalized spacial score (nSPS) is 11.8. The number of benzene rings is 1. The Hall–Kier alpha value is -3.03. The first-order chi connectivity index (χ1) is 10.8. The maximum absolute atomic E-state index is 12.1. The third-order valence-corrected chi connectivity index (χ3v) is 3.21. The van der Waals surface area contributed by atoms with Gasteiger partial charge in [-0.05, 0) is 39.0 Å². The molecule has 0 aliphatic rings. The Bertz CT molecular complexity index is 803. The average Bonchev–Trinajstić information content (AvgIpc) is 2.47. The number of esters is 1. The van der Waals surface area contributed by atoms with Gasteiger partial charge in [0.15, 0.2) is 6.10 Å². The van der Waals surface area contributed by atoms with Crippen molar-refractivity contribution in [2.45, 2.75) is 26.9 Å². The second-order valence-corrected chi connectivity index (χ2v) is 5.00. The Morgan fingerprint density at radius 3 is 2.35 bits per heavy atom. The van der Waals surface area contributed by atoms with Crippen molar-refractivity contribution in [2.75, 3.05) is 0 Å². The van der Waals surface area contributed by atoms with E-state index in [0.717, 1.165) is 11.4 Å². The van der Waals surface area contributed by atoms with Crippen LogP contribution in [0.1, 0.15) is 28.7 Å². The second kappa shape index (κ2) is 6.39. The van der Waals surface area contributed by atoms with Crippen LogP contribution in [0.4, 0.5) is 4.79 Å². The van der Waals surface area contributed by atoms with Crippen LogP contribution in [-0.2, 0) is 9.53 Å². The summed E-state index contributed by atoms with van der Waals surface area (Å²) in [7, 11) is 0. The van der Waals surface area contributed by atoms with Gasteiger partial charge in [-0.1, -0.05) is 0 Å². The summed E-state index contributed by atoms with van der Waals surface area (Å²) in [5, 5.41) is 1.84. The highest BCUT2D eigenvalue weighted by Gasteiger charge is 2.20. The molecule has 2 aromatic rings. The fraction of sp³-hybridized carbons (Fsp3) is 0.267. The number of carbonyl (C=O) groups is 3. The summed E-state index contributed by atoms with van der Waals surface area (Å²) in [6.07, 6.45) is -1.16. The van der Waals surface area contributed by atoms with E-state index < -0.39 is 24.0 Å². The number of hydrogen-bond acceptors (Lipinski definition) is 6. The van der Waals surface area contributed by atoms with Gasteiger partial charge in [0, 0.05) is 0 Å². The highest BCUT2D eigenvalue weighted by atomic mass is 16.5. The van der Waals surface area contributed by atoms with Crippen LogP contribution < -0.4 is 11.1 Å². The zero-order valence-electron chi connectivity index (χ0n) is 12.9. The predicted octanol–water partition coefficient (Wildman–Crippen LogP) is 0.987. The lowest BCUT2D eigenvalue weighted by Gasteiger charge is -2.12. The molecule has 0 aliphatic carbocycles. The maximum atomic E-state index is 12.1. The van der Waals surface area contributed by atoms with E-state index in [0.29, 0.717) is 11.0 Å². The Morgan fingerprint density at radius 1 is 1.13 bits per heavy atom. The molecule has 23 heavy (non-hydrogen) atoms. The van der Waals surface area contributed by atoms with Crippen molar-refractivity contribution in [3.8, 4) is 0 Å². The Labute approximate surface area is 132 Å². The lowest BCUT2D eigenvalue weighted by atomic mass is 10.2. The first-order valence-corrected chi connectivity index (χ1v) is 6.84. The molecule has 1 atom stereocenters. The molecule has 0 spiro atoms. The minimum atomic E-state index is -1.16. The second-order valence-electron chi connectivity index (χ2n) is 5.00. The third-order valence-electron chi connectivity index (χ3n) is 3.21. The van der Waals surface area contributed by atoms with Crippen molar-refractivity contribution < 1.29 is 19.1 Å². The van der Waals surface area contributed by atoms with Gasteiger partial charge in [-0.15, -0.1) is 0 Å².